The molecule has 1 aliphatic rings. The monoisotopic (exact) mass is 461 g/mol. The van der Waals surface area contributed by atoms with Gasteiger partial charge >= 0.3 is 51.4 Å². The standard InChI is InChI=1S/C15H13N5O2.C6H4ClO.K/c16-6-12-7-17-15(20-14(12)18-9-21)19-13-2-1-11-8-22-4-3-10(11)5-13;7-5-2-1-3-6(8)4-5;/h1-2,5,7,16H,3-4,8H2,(H2,17,18,19,20,21);1-3,8H;/q-2;-1;+1. The second-order valence-electron chi connectivity index (χ2n) is 6.10. The molecule has 1 aliphatic heterocycles. The molecule has 4 N–H and O–H groups in total. The Kier molecular flexibility index (Phi) is 10.5. The molecule has 2 aromatic carbocycles. The Labute approximate surface area is 227 Å². The number of nitrogens with zero attached hydrogens (tertiary/aromatic N) is 2. The average molecular weight is 462 g/mol. The molecule has 1 aromatic heterocycles. The summed E-state index contributed by atoms with van der Waals surface area (Å²) in [7, 11) is 0. The Hall–Kier alpha value is -1.85. The zero-order chi connectivity index (χ0) is 21.3. The number of hydrogen-bond acceptors (Lipinski definition) is 7. The van der Waals surface area contributed by atoms with Gasteiger partial charge in [-0.1, -0.05) is 23.5 Å². The molecule has 0 saturated carbocycles. The first kappa shape index (κ1) is 25.4. The molecule has 0 spiro atoms. The number of rotatable bonds is 5. The van der Waals surface area contributed by atoms with Gasteiger partial charge in [0, 0.05) is 11.4 Å². The first-order chi connectivity index (χ1) is 14.6. The summed E-state index contributed by atoms with van der Waals surface area (Å²) in [6.07, 6.45) is 5.98. The summed E-state index contributed by atoms with van der Waals surface area (Å²) in [5, 5.41) is 21.6. The minimum Gasteiger partial charge on any atom is -0.534 e. The van der Waals surface area contributed by atoms with Crippen LogP contribution in [0.2, 0.25) is 5.02 Å². The molecular formula is C21H17ClKN5O3-2. The van der Waals surface area contributed by atoms with Crippen molar-refractivity contribution in [2.45, 2.75) is 13.0 Å². The number of anilines is 3. The molecular weight excluding hydrogens is 445 g/mol. The van der Waals surface area contributed by atoms with Crippen LogP contribution in [-0.2, 0) is 22.6 Å². The van der Waals surface area contributed by atoms with Crippen molar-refractivity contribution in [3.05, 3.63) is 70.4 Å². The van der Waals surface area contributed by atoms with Gasteiger partial charge in [-0.25, -0.2) is 0 Å². The normalized spacial score (nSPS) is 11.6. The molecule has 0 radical (unpaired) electrons. The van der Waals surface area contributed by atoms with Crippen LogP contribution < -0.4 is 62.0 Å². The smallest absolute Gasteiger partial charge is 0.534 e. The van der Waals surface area contributed by atoms with E-state index in [4.69, 9.17) is 26.9 Å². The number of aromatic hydroxyl groups is 1. The summed E-state index contributed by atoms with van der Waals surface area (Å²) in [6.45, 7) is 1.36. The second-order valence-corrected chi connectivity index (χ2v) is 6.51. The summed E-state index contributed by atoms with van der Waals surface area (Å²) in [5.74, 6) is 0.593. The number of phenols is 1. The van der Waals surface area contributed by atoms with Crippen LogP contribution in [0.3, 0.4) is 0 Å². The third kappa shape index (κ3) is 7.65. The van der Waals surface area contributed by atoms with Crippen LogP contribution in [0.25, 0.3) is 0 Å². The second kappa shape index (κ2) is 12.9. The zero-order valence-corrected chi connectivity index (χ0v) is 20.6. The minimum absolute atomic E-state index is 0. The molecule has 0 saturated heterocycles. The number of halogens is 1. The fourth-order valence-electron chi connectivity index (χ4n) is 2.68. The molecule has 31 heavy (non-hydrogen) atoms. The van der Waals surface area contributed by atoms with Gasteiger partial charge in [0.05, 0.1) is 19.6 Å². The van der Waals surface area contributed by atoms with Gasteiger partial charge in [-0.3, -0.25) is 9.97 Å². The largest absolute Gasteiger partial charge is 1.00 e. The van der Waals surface area contributed by atoms with Crippen LogP contribution >= 0.6 is 11.6 Å². The first-order valence-corrected chi connectivity index (χ1v) is 9.23. The SMILES string of the molecule is N=[C-]c1cnc(Nc2ccc3c(c2)CCOC3)nc1N[C-]=O.Oc1[c-]c(Cl)ccc1.[K+]. The molecule has 8 nitrogen and oxygen atoms in total. The van der Waals surface area contributed by atoms with Crippen molar-refractivity contribution in [3.63, 3.8) is 0 Å². The van der Waals surface area contributed by atoms with Gasteiger partial charge in [0.1, 0.15) is 0 Å². The number of phenolic OH excluding ortho intramolecular Hbond substituents is 1. The van der Waals surface area contributed by atoms with E-state index < -0.39 is 0 Å². The van der Waals surface area contributed by atoms with Gasteiger partial charge in [0.25, 0.3) is 0 Å². The number of benzene rings is 2. The van der Waals surface area contributed by atoms with Crippen LogP contribution in [0, 0.1) is 11.5 Å². The summed E-state index contributed by atoms with van der Waals surface area (Å²) < 4.78 is 5.41. The van der Waals surface area contributed by atoms with Crippen LogP contribution in [0.5, 0.6) is 5.75 Å². The fraction of sp³-hybridized carbons (Fsp3) is 0.143. The van der Waals surface area contributed by atoms with Crippen molar-refractivity contribution >= 4 is 41.7 Å². The maximum absolute atomic E-state index is 10.5. The predicted molar refractivity (Wildman–Crippen MR) is 113 cm³/mol. The zero-order valence-electron chi connectivity index (χ0n) is 16.7. The van der Waals surface area contributed by atoms with Gasteiger partial charge in [-0.15, -0.1) is 29.3 Å². The summed E-state index contributed by atoms with van der Waals surface area (Å²) in [5.41, 5.74) is 3.56. The molecule has 0 fully saturated rings. The molecule has 0 unspecified atom stereocenters. The van der Waals surface area contributed by atoms with Crippen LogP contribution in [0.1, 0.15) is 16.7 Å². The Morgan fingerprint density at radius 2 is 2.10 bits per heavy atom. The number of hydrogen-bond donors (Lipinski definition) is 4. The van der Waals surface area contributed by atoms with E-state index in [1.807, 2.05) is 18.2 Å². The third-order valence-electron chi connectivity index (χ3n) is 4.07. The van der Waals surface area contributed by atoms with Crippen molar-refractivity contribution in [2.24, 2.45) is 0 Å². The minimum atomic E-state index is 0. The average Bonchev–Trinajstić information content (AvgIpc) is 2.74. The molecule has 0 bridgehead atoms. The van der Waals surface area contributed by atoms with Crippen LogP contribution in [-0.4, -0.2) is 34.3 Å². The van der Waals surface area contributed by atoms with Crippen molar-refractivity contribution in [3.8, 4) is 5.75 Å². The van der Waals surface area contributed by atoms with Gasteiger partial charge in [-0.05, 0) is 35.5 Å². The van der Waals surface area contributed by atoms with Crippen LogP contribution in [0.15, 0.2) is 42.6 Å². The van der Waals surface area contributed by atoms with Crippen molar-refractivity contribution in [1.82, 2.24) is 9.97 Å². The van der Waals surface area contributed by atoms with Gasteiger partial charge in [-0.2, -0.15) is 12.1 Å². The van der Waals surface area contributed by atoms with Crippen molar-refractivity contribution in [2.75, 3.05) is 17.2 Å². The molecule has 4 rings (SSSR count). The number of fused-ring (bicyclic) bond motifs is 1. The number of aromatic nitrogens is 2. The Balaban J connectivity index is 0.000000322. The van der Waals surface area contributed by atoms with Crippen molar-refractivity contribution < 1.29 is 66.0 Å². The van der Waals surface area contributed by atoms with E-state index in [0.717, 1.165) is 18.7 Å². The summed E-state index contributed by atoms with van der Waals surface area (Å²) in [6, 6.07) is 13.3. The maximum atomic E-state index is 10.5. The molecule has 2 heterocycles. The van der Waals surface area contributed by atoms with E-state index in [1.54, 1.807) is 12.1 Å². The Morgan fingerprint density at radius 3 is 2.77 bits per heavy atom. The van der Waals surface area contributed by atoms with Crippen molar-refractivity contribution in [1.29, 1.82) is 5.41 Å². The number of ether oxygens (including phenoxy) is 1. The van der Waals surface area contributed by atoms with Gasteiger partial charge in [0.2, 0.25) is 0 Å². The predicted octanol–water partition coefficient (Wildman–Crippen LogP) is 0.496. The van der Waals surface area contributed by atoms with Gasteiger partial charge in [0.15, 0.2) is 5.95 Å². The van der Waals surface area contributed by atoms with E-state index in [1.165, 1.54) is 29.8 Å². The third-order valence-corrected chi connectivity index (χ3v) is 4.29. The molecule has 0 aliphatic carbocycles. The Morgan fingerprint density at radius 1 is 1.26 bits per heavy atom. The molecule has 154 valence electrons. The van der Waals surface area contributed by atoms with E-state index in [0.29, 0.717) is 17.6 Å². The number of carbonyl (C=O) groups excluding carboxylic acids is 1. The van der Waals surface area contributed by atoms with E-state index in [9.17, 15) is 4.79 Å². The Bertz CT molecular complexity index is 1030. The summed E-state index contributed by atoms with van der Waals surface area (Å²) in [4.78, 5) is 18.7. The number of amides is 1. The van der Waals surface area contributed by atoms with E-state index in [2.05, 4.69) is 32.9 Å². The maximum Gasteiger partial charge on any atom is 1.00 e. The molecule has 3 aromatic rings. The number of nitrogens with one attached hydrogen (secondary N) is 3. The topological polar surface area (TPSA) is 120 Å². The van der Waals surface area contributed by atoms with Crippen LogP contribution in [0.4, 0.5) is 17.5 Å². The molecule has 1 amide bonds. The fourth-order valence-corrected chi connectivity index (χ4v) is 2.85. The molecule has 10 heteroatoms. The van der Waals surface area contributed by atoms with E-state index >= 15 is 0 Å². The quantitative estimate of drug-likeness (QED) is 0.190. The summed E-state index contributed by atoms with van der Waals surface area (Å²) >= 11 is 5.43. The first-order valence-electron chi connectivity index (χ1n) is 8.85. The van der Waals surface area contributed by atoms with E-state index in [-0.39, 0.29) is 68.5 Å². The molecule has 0 atom stereocenters. The van der Waals surface area contributed by atoms with Gasteiger partial charge < -0.3 is 30.7 Å².